The zero-order valence-corrected chi connectivity index (χ0v) is 9.62. The van der Waals surface area contributed by atoms with Gasteiger partial charge in [-0.05, 0) is 39.5 Å². The molecule has 0 spiro atoms. The van der Waals surface area contributed by atoms with Crippen LogP contribution in [-0.4, -0.2) is 11.7 Å². The van der Waals surface area contributed by atoms with E-state index in [0.29, 0.717) is 6.10 Å². The largest absolute Gasteiger partial charge is 0.366 e. The summed E-state index contributed by atoms with van der Waals surface area (Å²) in [6.07, 6.45) is 14.0. The van der Waals surface area contributed by atoms with Crippen molar-refractivity contribution < 1.29 is 4.74 Å². The summed E-state index contributed by atoms with van der Waals surface area (Å²) in [7, 11) is 0. The van der Waals surface area contributed by atoms with Gasteiger partial charge in [-0.1, -0.05) is 31.2 Å². The number of epoxide rings is 1. The molecule has 0 radical (unpaired) electrons. The number of hydrogen-bond acceptors (Lipinski definition) is 1. The molecule has 0 aliphatic carbocycles. The molecular formula is C13H22O. The van der Waals surface area contributed by atoms with Crippen LogP contribution < -0.4 is 0 Å². The van der Waals surface area contributed by atoms with E-state index < -0.39 is 0 Å². The molecule has 0 saturated carbocycles. The SMILES string of the molecule is CCC=CCCC=CCC1OC1(C)C. The van der Waals surface area contributed by atoms with Gasteiger partial charge in [0.25, 0.3) is 0 Å². The Balaban J connectivity index is 1.97. The highest BCUT2D eigenvalue weighted by atomic mass is 16.6. The summed E-state index contributed by atoms with van der Waals surface area (Å²) in [4.78, 5) is 0. The Morgan fingerprint density at radius 2 is 1.64 bits per heavy atom. The molecular weight excluding hydrogens is 172 g/mol. The number of rotatable bonds is 6. The lowest BCUT2D eigenvalue weighted by Gasteiger charge is -1.91. The van der Waals surface area contributed by atoms with Gasteiger partial charge in [0, 0.05) is 0 Å². The highest BCUT2D eigenvalue weighted by Gasteiger charge is 2.46. The molecule has 0 aromatic rings. The standard InChI is InChI=1S/C13H22O/c1-4-5-6-7-8-9-10-11-12-13(2,3)14-12/h5-6,9-10,12H,4,7-8,11H2,1-3H3. The van der Waals surface area contributed by atoms with Crippen LogP contribution in [0.2, 0.25) is 0 Å². The highest BCUT2D eigenvalue weighted by Crippen LogP contribution is 2.37. The minimum atomic E-state index is 0.145. The summed E-state index contributed by atoms with van der Waals surface area (Å²) >= 11 is 0. The molecule has 1 unspecified atom stereocenters. The molecule has 80 valence electrons. The van der Waals surface area contributed by atoms with E-state index in [1.165, 1.54) is 6.42 Å². The minimum Gasteiger partial charge on any atom is -0.366 e. The Kier molecular flexibility index (Phi) is 4.40. The first kappa shape index (κ1) is 11.5. The zero-order chi connectivity index (χ0) is 10.4. The van der Waals surface area contributed by atoms with Gasteiger partial charge in [-0.3, -0.25) is 0 Å². The zero-order valence-electron chi connectivity index (χ0n) is 9.62. The van der Waals surface area contributed by atoms with Gasteiger partial charge in [-0.2, -0.15) is 0 Å². The first-order valence-corrected chi connectivity index (χ1v) is 5.64. The lowest BCUT2D eigenvalue weighted by atomic mass is 10.1. The first-order valence-electron chi connectivity index (χ1n) is 5.64. The predicted octanol–water partition coefficient (Wildman–Crippen LogP) is 3.86. The summed E-state index contributed by atoms with van der Waals surface area (Å²) in [5.74, 6) is 0. The molecule has 0 amide bonds. The number of allylic oxidation sites excluding steroid dienone is 3. The van der Waals surface area contributed by atoms with Crippen molar-refractivity contribution in [1.29, 1.82) is 0 Å². The Labute approximate surface area is 87.8 Å². The molecule has 1 aliphatic heterocycles. The average molecular weight is 194 g/mol. The minimum absolute atomic E-state index is 0.145. The fourth-order valence-electron chi connectivity index (χ4n) is 1.48. The maximum atomic E-state index is 5.48. The molecule has 1 fully saturated rings. The summed E-state index contributed by atoms with van der Waals surface area (Å²) in [6.45, 7) is 6.46. The molecule has 1 saturated heterocycles. The number of ether oxygens (including phenoxy) is 1. The molecule has 0 aromatic carbocycles. The molecule has 1 aliphatic rings. The number of hydrogen-bond donors (Lipinski definition) is 0. The Morgan fingerprint density at radius 1 is 1.07 bits per heavy atom. The van der Waals surface area contributed by atoms with Crippen molar-refractivity contribution in [3.8, 4) is 0 Å². The smallest absolute Gasteiger partial charge is 0.0902 e. The number of unbranched alkanes of at least 4 members (excludes halogenated alkanes) is 1. The van der Waals surface area contributed by atoms with Crippen molar-refractivity contribution >= 4 is 0 Å². The lowest BCUT2D eigenvalue weighted by Crippen LogP contribution is -2.00. The van der Waals surface area contributed by atoms with Gasteiger partial charge in [0.2, 0.25) is 0 Å². The van der Waals surface area contributed by atoms with E-state index in [9.17, 15) is 0 Å². The molecule has 1 nitrogen and oxygen atoms in total. The second-order valence-corrected chi connectivity index (χ2v) is 4.37. The maximum absolute atomic E-state index is 5.48. The predicted molar refractivity (Wildman–Crippen MR) is 61.4 cm³/mol. The summed E-state index contributed by atoms with van der Waals surface area (Å²) in [5, 5.41) is 0. The van der Waals surface area contributed by atoms with Crippen molar-refractivity contribution in [2.75, 3.05) is 0 Å². The van der Waals surface area contributed by atoms with Crippen LogP contribution in [0.3, 0.4) is 0 Å². The third kappa shape index (κ3) is 4.10. The van der Waals surface area contributed by atoms with Gasteiger partial charge in [0.15, 0.2) is 0 Å². The topological polar surface area (TPSA) is 12.5 Å². The van der Waals surface area contributed by atoms with Crippen LogP contribution in [0.1, 0.15) is 46.5 Å². The van der Waals surface area contributed by atoms with E-state index in [4.69, 9.17) is 4.74 Å². The van der Waals surface area contributed by atoms with Crippen molar-refractivity contribution in [2.45, 2.75) is 58.2 Å². The van der Waals surface area contributed by atoms with E-state index in [0.717, 1.165) is 19.3 Å². The first-order chi connectivity index (χ1) is 6.67. The van der Waals surface area contributed by atoms with E-state index in [2.05, 4.69) is 45.1 Å². The van der Waals surface area contributed by atoms with Crippen molar-refractivity contribution in [2.24, 2.45) is 0 Å². The lowest BCUT2D eigenvalue weighted by molar-refractivity contribution is 0.324. The fourth-order valence-corrected chi connectivity index (χ4v) is 1.48. The van der Waals surface area contributed by atoms with Gasteiger partial charge in [-0.25, -0.2) is 0 Å². The molecule has 1 atom stereocenters. The summed E-state index contributed by atoms with van der Waals surface area (Å²) < 4.78 is 5.48. The summed E-state index contributed by atoms with van der Waals surface area (Å²) in [5.41, 5.74) is 0.145. The van der Waals surface area contributed by atoms with Gasteiger partial charge < -0.3 is 4.74 Å². The Bertz CT molecular complexity index is 213. The van der Waals surface area contributed by atoms with Crippen molar-refractivity contribution in [3.05, 3.63) is 24.3 Å². The van der Waals surface area contributed by atoms with Crippen LogP contribution in [0.25, 0.3) is 0 Å². The molecule has 1 rings (SSSR count). The second-order valence-electron chi connectivity index (χ2n) is 4.37. The molecule has 0 aromatic heterocycles. The molecule has 0 bridgehead atoms. The average Bonchev–Trinajstić information content (AvgIpc) is 2.73. The maximum Gasteiger partial charge on any atom is 0.0902 e. The molecule has 1 heteroatoms. The van der Waals surface area contributed by atoms with Gasteiger partial charge >= 0.3 is 0 Å². The monoisotopic (exact) mass is 194 g/mol. The van der Waals surface area contributed by atoms with Crippen molar-refractivity contribution in [3.63, 3.8) is 0 Å². The van der Waals surface area contributed by atoms with E-state index >= 15 is 0 Å². The van der Waals surface area contributed by atoms with Gasteiger partial charge in [-0.15, -0.1) is 0 Å². The Hall–Kier alpha value is -0.560. The molecule has 1 heterocycles. The third-order valence-corrected chi connectivity index (χ3v) is 2.58. The molecule has 0 N–H and O–H groups in total. The normalized spacial score (nSPS) is 24.9. The Morgan fingerprint density at radius 3 is 2.14 bits per heavy atom. The molecule has 14 heavy (non-hydrogen) atoms. The fraction of sp³-hybridized carbons (Fsp3) is 0.692. The van der Waals surface area contributed by atoms with E-state index in [1.807, 2.05) is 0 Å². The van der Waals surface area contributed by atoms with Crippen molar-refractivity contribution in [1.82, 2.24) is 0 Å². The van der Waals surface area contributed by atoms with Crippen LogP contribution in [0.15, 0.2) is 24.3 Å². The van der Waals surface area contributed by atoms with Gasteiger partial charge in [0.1, 0.15) is 0 Å². The van der Waals surface area contributed by atoms with Crippen LogP contribution in [0.4, 0.5) is 0 Å². The quantitative estimate of drug-likeness (QED) is 0.355. The van der Waals surface area contributed by atoms with E-state index in [-0.39, 0.29) is 5.60 Å². The van der Waals surface area contributed by atoms with Crippen LogP contribution in [-0.2, 0) is 4.74 Å². The third-order valence-electron chi connectivity index (χ3n) is 2.58. The second kappa shape index (κ2) is 5.35. The van der Waals surface area contributed by atoms with Crippen LogP contribution >= 0.6 is 0 Å². The van der Waals surface area contributed by atoms with E-state index in [1.54, 1.807) is 0 Å². The van der Waals surface area contributed by atoms with Crippen LogP contribution in [0, 0.1) is 0 Å². The highest BCUT2D eigenvalue weighted by molar-refractivity contribution is 5.00. The van der Waals surface area contributed by atoms with Gasteiger partial charge in [0.05, 0.1) is 11.7 Å². The van der Waals surface area contributed by atoms with Crippen LogP contribution in [0.5, 0.6) is 0 Å². The summed E-state index contributed by atoms with van der Waals surface area (Å²) in [6, 6.07) is 0.